The Morgan fingerprint density at radius 3 is 2.67 bits per heavy atom. The summed E-state index contributed by atoms with van der Waals surface area (Å²) in [5, 5.41) is 7.29. The molecule has 0 aliphatic rings. The Hall–Kier alpha value is -3.94. The normalized spacial score (nSPS) is 10.9. The molecule has 4 rings (SSSR count). The first-order chi connectivity index (χ1) is 14.5. The first-order valence-electron chi connectivity index (χ1n) is 9.40. The molecule has 1 N–H and O–H groups in total. The molecule has 0 saturated carbocycles. The van der Waals surface area contributed by atoms with Crippen molar-refractivity contribution in [2.24, 2.45) is 7.05 Å². The topological polar surface area (TPSA) is 91.0 Å². The van der Waals surface area contributed by atoms with Crippen molar-refractivity contribution in [3.8, 4) is 11.4 Å². The van der Waals surface area contributed by atoms with Gasteiger partial charge in [0.25, 0.3) is 11.5 Å². The summed E-state index contributed by atoms with van der Waals surface area (Å²) in [6, 6.07) is 15.0. The fourth-order valence-corrected chi connectivity index (χ4v) is 3.16. The Labute approximate surface area is 172 Å². The summed E-state index contributed by atoms with van der Waals surface area (Å²) in [6.07, 6.45) is 1.39. The van der Waals surface area contributed by atoms with E-state index in [1.165, 1.54) is 15.6 Å². The number of hydrogen-bond acceptors (Lipinski definition) is 5. The van der Waals surface area contributed by atoms with Crippen molar-refractivity contribution in [3.05, 3.63) is 82.0 Å². The van der Waals surface area contributed by atoms with E-state index in [4.69, 9.17) is 4.74 Å². The maximum atomic E-state index is 12.9. The van der Waals surface area contributed by atoms with Gasteiger partial charge in [-0.05, 0) is 36.8 Å². The third-order valence-corrected chi connectivity index (χ3v) is 4.82. The molecule has 152 valence electrons. The van der Waals surface area contributed by atoms with Gasteiger partial charge in [-0.3, -0.25) is 9.59 Å². The fraction of sp³-hybridized carbons (Fsp3) is 0.182. The molecule has 0 bridgehead atoms. The van der Waals surface area contributed by atoms with Gasteiger partial charge in [0.15, 0.2) is 11.2 Å². The van der Waals surface area contributed by atoms with Gasteiger partial charge < -0.3 is 14.6 Å². The highest BCUT2D eigenvalue weighted by molar-refractivity contribution is 6.03. The van der Waals surface area contributed by atoms with Gasteiger partial charge in [-0.1, -0.05) is 29.8 Å². The van der Waals surface area contributed by atoms with Crippen LogP contribution in [-0.4, -0.2) is 32.3 Å². The number of methoxy groups -OCH3 is 1. The van der Waals surface area contributed by atoms with Gasteiger partial charge in [-0.15, -0.1) is 0 Å². The number of hydrogen-bond donors (Lipinski definition) is 1. The first kappa shape index (κ1) is 19.4. The summed E-state index contributed by atoms with van der Waals surface area (Å²) in [7, 11) is 3.21. The zero-order chi connectivity index (χ0) is 21.3. The van der Waals surface area contributed by atoms with Crippen LogP contribution in [0, 0.1) is 6.92 Å². The third kappa shape index (κ3) is 3.55. The van der Waals surface area contributed by atoms with Gasteiger partial charge in [0.05, 0.1) is 19.1 Å². The van der Waals surface area contributed by atoms with Gasteiger partial charge in [0.1, 0.15) is 11.3 Å². The zero-order valence-electron chi connectivity index (χ0n) is 16.9. The summed E-state index contributed by atoms with van der Waals surface area (Å²) >= 11 is 0. The second-order valence-corrected chi connectivity index (χ2v) is 6.99. The number of carbonyl (C=O) groups excluding carboxylic acids is 1. The molecule has 30 heavy (non-hydrogen) atoms. The predicted molar refractivity (Wildman–Crippen MR) is 113 cm³/mol. The fourth-order valence-electron chi connectivity index (χ4n) is 3.16. The van der Waals surface area contributed by atoms with Crippen molar-refractivity contribution in [3.63, 3.8) is 0 Å². The molecular weight excluding hydrogens is 382 g/mol. The van der Waals surface area contributed by atoms with Crippen LogP contribution in [0.5, 0.6) is 5.75 Å². The standard InChI is InChI=1S/C22H21N5O3/c1-14-7-9-16(10-8-14)27-20-18(24-13-26(2)22(20)29)19(25-27)21(28)23-12-15-5-4-6-17(11-15)30-3/h4-11,13H,12H2,1-3H3,(H,23,28). The van der Waals surface area contributed by atoms with Crippen LogP contribution in [0.3, 0.4) is 0 Å². The van der Waals surface area contributed by atoms with Crippen molar-refractivity contribution < 1.29 is 9.53 Å². The maximum Gasteiger partial charge on any atom is 0.279 e. The molecule has 0 atom stereocenters. The van der Waals surface area contributed by atoms with Gasteiger partial charge >= 0.3 is 0 Å². The van der Waals surface area contributed by atoms with Crippen LogP contribution in [0.15, 0.2) is 59.7 Å². The van der Waals surface area contributed by atoms with Crippen molar-refractivity contribution in [2.45, 2.75) is 13.5 Å². The highest BCUT2D eigenvalue weighted by Crippen LogP contribution is 2.19. The van der Waals surface area contributed by atoms with E-state index in [0.29, 0.717) is 18.0 Å². The molecule has 0 spiro atoms. The monoisotopic (exact) mass is 403 g/mol. The Kier molecular flexibility index (Phi) is 5.05. The molecule has 2 aromatic heterocycles. The molecule has 2 aromatic carbocycles. The number of nitrogens with one attached hydrogen (secondary N) is 1. The Bertz CT molecular complexity index is 1290. The molecule has 8 nitrogen and oxygen atoms in total. The number of aryl methyl sites for hydroxylation is 2. The second kappa shape index (κ2) is 7.82. The number of benzene rings is 2. The SMILES string of the molecule is COc1cccc(CNC(=O)c2nn(-c3ccc(C)cc3)c3c(=O)n(C)cnc23)c1. The number of fused-ring (bicyclic) bond motifs is 1. The largest absolute Gasteiger partial charge is 0.497 e. The summed E-state index contributed by atoms with van der Waals surface area (Å²) in [4.78, 5) is 30.0. The first-order valence-corrected chi connectivity index (χ1v) is 9.40. The van der Waals surface area contributed by atoms with E-state index in [1.54, 1.807) is 14.2 Å². The summed E-state index contributed by atoms with van der Waals surface area (Å²) in [5.41, 5.74) is 3.00. The highest BCUT2D eigenvalue weighted by Gasteiger charge is 2.22. The van der Waals surface area contributed by atoms with Crippen LogP contribution in [-0.2, 0) is 13.6 Å². The number of aromatic nitrogens is 4. The second-order valence-electron chi connectivity index (χ2n) is 6.99. The van der Waals surface area contributed by atoms with E-state index in [1.807, 2.05) is 55.5 Å². The molecule has 0 radical (unpaired) electrons. The number of carbonyl (C=O) groups is 1. The van der Waals surface area contributed by atoms with Crippen molar-refractivity contribution in [2.75, 3.05) is 7.11 Å². The van der Waals surface area contributed by atoms with Gasteiger partial charge in [-0.2, -0.15) is 5.10 Å². The molecule has 2 heterocycles. The number of nitrogens with zero attached hydrogens (tertiary/aromatic N) is 4. The molecule has 8 heteroatoms. The minimum atomic E-state index is -0.408. The minimum absolute atomic E-state index is 0.103. The lowest BCUT2D eigenvalue weighted by Crippen LogP contribution is -2.24. The van der Waals surface area contributed by atoms with E-state index >= 15 is 0 Å². The average molecular weight is 403 g/mol. The molecular formula is C22H21N5O3. The van der Waals surface area contributed by atoms with Crippen molar-refractivity contribution in [1.29, 1.82) is 0 Å². The van der Waals surface area contributed by atoms with Crippen LogP contribution in [0.4, 0.5) is 0 Å². The molecule has 0 saturated heterocycles. The van der Waals surface area contributed by atoms with Crippen LogP contribution in [0.25, 0.3) is 16.7 Å². The molecule has 0 aliphatic carbocycles. The molecule has 1 amide bonds. The van der Waals surface area contributed by atoms with E-state index in [2.05, 4.69) is 15.4 Å². The smallest absolute Gasteiger partial charge is 0.279 e. The zero-order valence-corrected chi connectivity index (χ0v) is 16.9. The number of amides is 1. The van der Waals surface area contributed by atoms with E-state index in [9.17, 15) is 9.59 Å². The van der Waals surface area contributed by atoms with E-state index in [0.717, 1.165) is 11.1 Å². The Morgan fingerprint density at radius 2 is 1.93 bits per heavy atom. The van der Waals surface area contributed by atoms with Crippen LogP contribution in [0.1, 0.15) is 21.6 Å². The third-order valence-electron chi connectivity index (χ3n) is 4.82. The number of rotatable bonds is 5. The minimum Gasteiger partial charge on any atom is -0.497 e. The summed E-state index contributed by atoms with van der Waals surface area (Å²) < 4.78 is 8.06. The average Bonchev–Trinajstić information content (AvgIpc) is 3.15. The quantitative estimate of drug-likeness (QED) is 0.552. The maximum absolute atomic E-state index is 12.9. The van der Waals surface area contributed by atoms with E-state index in [-0.39, 0.29) is 22.3 Å². The van der Waals surface area contributed by atoms with Crippen LogP contribution >= 0.6 is 0 Å². The lowest BCUT2D eigenvalue weighted by molar-refractivity contribution is 0.0947. The van der Waals surface area contributed by atoms with E-state index < -0.39 is 5.91 Å². The lowest BCUT2D eigenvalue weighted by Gasteiger charge is -2.06. The van der Waals surface area contributed by atoms with Crippen molar-refractivity contribution in [1.82, 2.24) is 24.6 Å². The summed E-state index contributed by atoms with van der Waals surface area (Å²) in [6.45, 7) is 2.27. The highest BCUT2D eigenvalue weighted by atomic mass is 16.5. The molecule has 0 unspecified atom stereocenters. The summed E-state index contributed by atoms with van der Waals surface area (Å²) in [5.74, 6) is 0.301. The van der Waals surface area contributed by atoms with Crippen LogP contribution in [0.2, 0.25) is 0 Å². The van der Waals surface area contributed by atoms with Gasteiger partial charge in [-0.25, -0.2) is 9.67 Å². The number of ether oxygens (including phenoxy) is 1. The Balaban J connectivity index is 1.73. The molecule has 4 aromatic rings. The van der Waals surface area contributed by atoms with Crippen LogP contribution < -0.4 is 15.6 Å². The molecule has 0 fully saturated rings. The lowest BCUT2D eigenvalue weighted by atomic mass is 10.2. The van der Waals surface area contributed by atoms with Gasteiger partial charge in [0, 0.05) is 13.6 Å². The predicted octanol–water partition coefficient (Wildman–Crippen LogP) is 2.37. The van der Waals surface area contributed by atoms with Crippen molar-refractivity contribution >= 4 is 16.9 Å². The Morgan fingerprint density at radius 1 is 1.17 bits per heavy atom. The molecule has 0 aliphatic heterocycles. The van der Waals surface area contributed by atoms with Gasteiger partial charge in [0.2, 0.25) is 0 Å².